The lowest BCUT2D eigenvalue weighted by atomic mass is 10.2. The van der Waals surface area contributed by atoms with Crippen molar-refractivity contribution in [1.82, 2.24) is 15.5 Å². The lowest BCUT2D eigenvalue weighted by molar-refractivity contribution is 0.0734. The Hall–Kier alpha value is -1.37. The monoisotopic (exact) mass is 255 g/mol. The van der Waals surface area contributed by atoms with Crippen LogP contribution in [0.25, 0.3) is 11.7 Å². The average molecular weight is 256 g/mol. The van der Waals surface area contributed by atoms with Crippen molar-refractivity contribution in [3.8, 4) is 11.7 Å². The molecule has 0 aliphatic carbocycles. The molecule has 2 aromatic rings. The van der Waals surface area contributed by atoms with Crippen LogP contribution in [-0.2, 0) is 4.74 Å². The number of morpholine rings is 1. The molecule has 0 radical (unpaired) electrons. The summed E-state index contributed by atoms with van der Waals surface area (Å²) in [6.07, 6.45) is 0. The van der Waals surface area contributed by atoms with Crippen molar-refractivity contribution in [2.45, 2.75) is 6.04 Å². The highest BCUT2D eigenvalue weighted by atomic mass is 35.5. The van der Waals surface area contributed by atoms with Gasteiger partial charge in [0.15, 0.2) is 16.8 Å². The van der Waals surface area contributed by atoms with Gasteiger partial charge < -0.3 is 19.0 Å². The first-order valence-electron chi connectivity index (χ1n) is 5.23. The maximum Gasteiger partial charge on any atom is 0.293 e. The number of hydrogen-bond donors (Lipinski definition) is 1. The summed E-state index contributed by atoms with van der Waals surface area (Å²) in [5, 5.41) is 7.42. The summed E-state index contributed by atoms with van der Waals surface area (Å²) < 4.78 is 15.6. The minimum absolute atomic E-state index is 0.0355. The fourth-order valence-electron chi connectivity index (χ4n) is 1.64. The third-order valence-electron chi connectivity index (χ3n) is 2.46. The molecule has 2 aromatic heterocycles. The standard InChI is InChI=1S/C10H10ClN3O3/c11-8-2-1-7(16-8)10-13-9(14-17-10)6-5-15-4-3-12-6/h1-2,6,12H,3-5H2. The molecule has 6 nitrogen and oxygen atoms in total. The van der Waals surface area contributed by atoms with Crippen LogP contribution in [0.2, 0.25) is 5.22 Å². The third-order valence-corrected chi connectivity index (χ3v) is 2.66. The highest BCUT2D eigenvalue weighted by Crippen LogP contribution is 2.24. The predicted octanol–water partition coefficient (Wildman–Crippen LogP) is 1.64. The molecular formula is C10H10ClN3O3. The number of nitrogens with zero attached hydrogens (tertiary/aromatic N) is 2. The van der Waals surface area contributed by atoms with Crippen molar-refractivity contribution in [2.75, 3.05) is 19.8 Å². The highest BCUT2D eigenvalue weighted by Gasteiger charge is 2.22. The first kappa shape index (κ1) is 10.8. The molecule has 1 saturated heterocycles. The summed E-state index contributed by atoms with van der Waals surface area (Å²) in [4.78, 5) is 4.24. The molecule has 1 unspecified atom stereocenters. The van der Waals surface area contributed by atoms with E-state index in [1.165, 1.54) is 0 Å². The fraction of sp³-hybridized carbons (Fsp3) is 0.400. The number of nitrogens with one attached hydrogen (secondary N) is 1. The molecule has 1 N–H and O–H groups in total. The molecule has 0 bridgehead atoms. The van der Waals surface area contributed by atoms with Crippen LogP contribution in [0.5, 0.6) is 0 Å². The van der Waals surface area contributed by atoms with E-state index in [0.29, 0.717) is 35.9 Å². The third kappa shape index (κ3) is 2.19. The lowest BCUT2D eigenvalue weighted by Gasteiger charge is -2.20. The zero-order valence-electron chi connectivity index (χ0n) is 8.85. The minimum Gasteiger partial charge on any atom is -0.440 e. The maximum absolute atomic E-state index is 5.68. The molecule has 1 fully saturated rings. The van der Waals surface area contributed by atoms with Gasteiger partial charge in [-0.1, -0.05) is 5.16 Å². The van der Waals surface area contributed by atoms with Crippen LogP contribution in [0.3, 0.4) is 0 Å². The summed E-state index contributed by atoms with van der Waals surface area (Å²) in [6.45, 7) is 2.02. The average Bonchev–Trinajstić information content (AvgIpc) is 2.98. The lowest BCUT2D eigenvalue weighted by Crippen LogP contribution is -2.35. The van der Waals surface area contributed by atoms with Crippen molar-refractivity contribution in [2.24, 2.45) is 0 Å². The summed E-state index contributed by atoms with van der Waals surface area (Å²) in [7, 11) is 0. The minimum atomic E-state index is -0.0355. The summed E-state index contributed by atoms with van der Waals surface area (Å²) >= 11 is 5.68. The van der Waals surface area contributed by atoms with Crippen molar-refractivity contribution >= 4 is 11.6 Å². The molecule has 1 aliphatic rings. The molecule has 0 amide bonds. The van der Waals surface area contributed by atoms with Gasteiger partial charge >= 0.3 is 0 Å². The Kier molecular flexibility index (Phi) is 2.84. The number of hydrogen-bond acceptors (Lipinski definition) is 6. The second-order valence-corrected chi connectivity index (χ2v) is 4.02. The van der Waals surface area contributed by atoms with Crippen LogP contribution in [0.1, 0.15) is 11.9 Å². The Morgan fingerprint density at radius 1 is 1.41 bits per heavy atom. The number of halogens is 1. The molecule has 17 heavy (non-hydrogen) atoms. The first-order chi connectivity index (χ1) is 8.33. The van der Waals surface area contributed by atoms with Gasteiger partial charge in [-0.15, -0.1) is 0 Å². The van der Waals surface area contributed by atoms with Gasteiger partial charge in [0.1, 0.15) is 0 Å². The van der Waals surface area contributed by atoms with Gasteiger partial charge in [0.05, 0.1) is 19.3 Å². The van der Waals surface area contributed by atoms with E-state index >= 15 is 0 Å². The first-order valence-corrected chi connectivity index (χ1v) is 5.61. The maximum atomic E-state index is 5.68. The Morgan fingerprint density at radius 2 is 2.35 bits per heavy atom. The SMILES string of the molecule is Clc1ccc(-c2nc(C3COCCN3)no2)o1. The highest BCUT2D eigenvalue weighted by molar-refractivity contribution is 6.28. The molecule has 1 aliphatic heterocycles. The van der Waals surface area contributed by atoms with Crippen molar-refractivity contribution < 1.29 is 13.7 Å². The molecule has 1 atom stereocenters. The fourth-order valence-corrected chi connectivity index (χ4v) is 1.78. The van der Waals surface area contributed by atoms with Crippen LogP contribution >= 0.6 is 11.6 Å². The van der Waals surface area contributed by atoms with E-state index in [0.717, 1.165) is 6.54 Å². The largest absolute Gasteiger partial charge is 0.440 e. The number of aromatic nitrogens is 2. The molecule has 3 heterocycles. The van der Waals surface area contributed by atoms with Gasteiger partial charge in [0.25, 0.3) is 5.89 Å². The van der Waals surface area contributed by atoms with Gasteiger partial charge in [0.2, 0.25) is 0 Å². The van der Waals surface area contributed by atoms with E-state index in [2.05, 4.69) is 15.5 Å². The van der Waals surface area contributed by atoms with Gasteiger partial charge in [-0.25, -0.2) is 0 Å². The van der Waals surface area contributed by atoms with Crippen LogP contribution in [0.15, 0.2) is 21.1 Å². The van der Waals surface area contributed by atoms with Gasteiger partial charge in [-0.3, -0.25) is 0 Å². The summed E-state index contributed by atoms with van der Waals surface area (Å²) in [6, 6.07) is 3.28. The number of rotatable bonds is 2. The molecule has 7 heteroatoms. The normalized spacial score (nSPS) is 20.6. The van der Waals surface area contributed by atoms with Gasteiger partial charge in [-0.05, 0) is 23.7 Å². The van der Waals surface area contributed by atoms with E-state index in [1.54, 1.807) is 12.1 Å². The summed E-state index contributed by atoms with van der Waals surface area (Å²) in [5.41, 5.74) is 0. The molecule has 0 saturated carbocycles. The van der Waals surface area contributed by atoms with Gasteiger partial charge in [-0.2, -0.15) is 4.98 Å². The Morgan fingerprint density at radius 3 is 3.06 bits per heavy atom. The quantitative estimate of drug-likeness (QED) is 0.880. The molecule has 0 aromatic carbocycles. The number of ether oxygens (including phenoxy) is 1. The Balaban J connectivity index is 1.82. The predicted molar refractivity (Wildman–Crippen MR) is 58.6 cm³/mol. The number of furan rings is 1. The zero-order valence-corrected chi connectivity index (χ0v) is 9.61. The Bertz CT molecular complexity index is 504. The van der Waals surface area contributed by atoms with E-state index in [4.69, 9.17) is 25.3 Å². The van der Waals surface area contributed by atoms with Gasteiger partial charge in [0, 0.05) is 6.54 Å². The smallest absolute Gasteiger partial charge is 0.293 e. The van der Waals surface area contributed by atoms with Crippen molar-refractivity contribution in [1.29, 1.82) is 0 Å². The molecule has 0 spiro atoms. The van der Waals surface area contributed by atoms with Crippen LogP contribution in [-0.4, -0.2) is 29.9 Å². The second-order valence-electron chi connectivity index (χ2n) is 3.64. The van der Waals surface area contributed by atoms with Crippen molar-refractivity contribution in [3.05, 3.63) is 23.2 Å². The van der Waals surface area contributed by atoms with Crippen LogP contribution in [0, 0.1) is 0 Å². The molecular weight excluding hydrogens is 246 g/mol. The summed E-state index contributed by atoms with van der Waals surface area (Å²) in [5.74, 6) is 1.34. The van der Waals surface area contributed by atoms with E-state index in [-0.39, 0.29) is 6.04 Å². The van der Waals surface area contributed by atoms with E-state index in [1.807, 2.05) is 0 Å². The Labute approximate surface area is 102 Å². The topological polar surface area (TPSA) is 73.3 Å². The van der Waals surface area contributed by atoms with Crippen LogP contribution in [0.4, 0.5) is 0 Å². The zero-order chi connectivity index (χ0) is 11.7. The molecule has 3 rings (SSSR count). The van der Waals surface area contributed by atoms with Crippen LogP contribution < -0.4 is 5.32 Å². The van der Waals surface area contributed by atoms with Crippen molar-refractivity contribution in [3.63, 3.8) is 0 Å². The van der Waals surface area contributed by atoms with E-state index in [9.17, 15) is 0 Å². The second kappa shape index (κ2) is 4.48. The van der Waals surface area contributed by atoms with E-state index < -0.39 is 0 Å². The molecule has 90 valence electrons.